The van der Waals surface area contributed by atoms with E-state index in [4.69, 9.17) is 27.6 Å². The Bertz CT molecular complexity index is 1120. The second kappa shape index (κ2) is 7.43. The first-order chi connectivity index (χ1) is 13.1. The number of fused-ring (bicyclic) bond motifs is 1. The molecule has 0 unspecified atom stereocenters. The molecule has 0 aliphatic carbocycles. The SMILES string of the molecule is O=C(Cc1ccccc1)Nc1ccc(Cl)c(-c2nc3cc(Cl)ccc3o2)c1. The Kier molecular flexibility index (Phi) is 4.84. The number of aromatic nitrogens is 1. The van der Waals surface area contributed by atoms with Gasteiger partial charge in [-0.3, -0.25) is 4.79 Å². The van der Waals surface area contributed by atoms with E-state index in [-0.39, 0.29) is 5.91 Å². The molecular weight excluding hydrogens is 383 g/mol. The molecule has 134 valence electrons. The van der Waals surface area contributed by atoms with Gasteiger partial charge in [0.05, 0.1) is 17.0 Å². The maximum absolute atomic E-state index is 12.3. The summed E-state index contributed by atoms with van der Waals surface area (Å²) >= 11 is 12.3. The van der Waals surface area contributed by atoms with Gasteiger partial charge in [-0.1, -0.05) is 53.5 Å². The first kappa shape index (κ1) is 17.6. The van der Waals surface area contributed by atoms with E-state index in [1.807, 2.05) is 30.3 Å². The highest BCUT2D eigenvalue weighted by Crippen LogP contribution is 2.33. The smallest absolute Gasteiger partial charge is 0.228 e. The Balaban J connectivity index is 1.60. The molecule has 0 spiro atoms. The molecular formula is C21H14Cl2N2O2. The topological polar surface area (TPSA) is 55.1 Å². The van der Waals surface area contributed by atoms with Gasteiger partial charge in [0.15, 0.2) is 5.58 Å². The number of nitrogens with one attached hydrogen (secondary N) is 1. The number of amides is 1. The number of carbonyl (C=O) groups is 1. The molecule has 1 aromatic heterocycles. The maximum Gasteiger partial charge on any atom is 0.228 e. The number of carbonyl (C=O) groups excluding carboxylic acids is 1. The lowest BCUT2D eigenvalue weighted by molar-refractivity contribution is -0.115. The van der Waals surface area contributed by atoms with Crippen molar-refractivity contribution in [3.63, 3.8) is 0 Å². The highest BCUT2D eigenvalue weighted by molar-refractivity contribution is 6.33. The molecule has 1 heterocycles. The Morgan fingerprint density at radius 2 is 1.81 bits per heavy atom. The molecule has 1 amide bonds. The van der Waals surface area contributed by atoms with Crippen molar-refractivity contribution in [3.05, 3.63) is 82.3 Å². The van der Waals surface area contributed by atoms with Gasteiger partial charge < -0.3 is 9.73 Å². The second-order valence-electron chi connectivity index (χ2n) is 6.04. The molecule has 0 saturated heterocycles. The van der Waals surface area contributed by atoms with Crippen LogP contribution in [0, 0.1) is 0 Å². The van der Waals surface area contributed by atoms with Crippen LogP contribution in [0.1, 0.15) is 5.56 Å². The number of halogens is 2. The minimum absolute atomic E-state index is 0.112. The Hall–Kier alpha value is -2.82. The summed E-state index contributed by atoms with van der Waals surface area (Å²) in [4.78, 5) is 16.7. The van der Waals surface area contributed by atoms with Crippen LogP contribution in [0.25, 0.3) is 22.6 Å². The van der Waals surface area contributed by atoms with Gasteiger partial charge in [0.2, 0.25) is 11.8 Å². The predicted molar refractivity (Wildman–Crippen MR) is 108 cm³/mol. The quantitative estimate of drug-likeness (QED) is 0.461. The van der Waals surface area contributed by atoms with E-state index in [9.17, 15) is 4.79 Å². The van der Waals surface area contributed by atoms with Crippen molar-refractivity contribution in [1.29, 1.82) is 0 Å². The summed E-state index contributed by atoms with van der Waals surface area (Å²) in [6.07, 6.45) is 0.292. The molecule has 4 aromatic rings. The number of benzene rings is 3. The van der Waals surface area contributed by atoms with Crippen LogP contribution in [-0.2, 0) is 11.2 Å². The fourth-order valence-electron chi connectivity index (χ4n) is 2.77. The van der Waals surface area contributed by atoms with Gasteiger partial charge in [-0.15, -0.1) is 0 Å². The maximum atomic E-state index is 12.3. The zero-order chi connectivity index (χ0) is 18.8. The van der Waals surface area contributed by atoms with Crippen LogP contribution in [0.4, 0.5) is 5.69 Å². The van der Waals surface area contributed by atoms with Gasteiger partial charge in [0.25, 0.3) is 0 Å². The van der Waals surface area contributed by atoms with Crippen LogP contribution in [0.15, 0.2) is 71.1 Å². The molecule has 0 saturated carbocycles. The van der Waals surface area contributed by atoms with Crippen molar-refractivity contribution in [2.75, 3.05) is 5.32 Å². The number of oxazole rings is 1. The molecule has 27 heavy (non-hydrogen) atoms. The molecule has 0 atom stereocenters. The van der Waals surface area contributed by atoms with Crippen molar-refractivity contribution in [3.8, 4) is 11.5 Å². The first-order valence-corrected chi connectivity index (χ1v) is 9.04. The molecule has 0 fully saturated rings. The van der Waals surface area contributed by atoms with Gasteiger partial charge in [-0.25, -0.2) is 4.98 Å². The number of hydrogen-bond acceptors (Lipinski definition) is 3. The van der Waals surface area contributed by atoms with Gasteiger partial charge in [0, 0.05) is 10.7 Å². The largest absolute Gasteiger partial charge is 0.436 e. The molecule has 0 bridgehead atoms. The zero-order valence-electron chi connectivity index (χ0n) is 14.1. The third-order valence-electron chi connectivity index (χ3n) is 4.04. The first-order valence-electron chi connectivity index (χ1n) is 8.28. The van der Waals surface area contributed by atoms with Crippen LogP contribution >= 0.6 is 23.2 Å². The van der Waals surface area contributed by atoms with Gasteiger partial charge >= 0.3 is 0 Å². The van der Waals surface area contributed by atoms with E-state index in [0.717, 1.165) is 5.56 Å². The summed E-state index contributed by atoms with van der Waals surface area (Å²) in [5, 5.41) is 3.94. The van der Waals surface area contributed by atoms with Crippen molar-refractivity contribution >= 4 is 45.9 Å². The molecule has 0 radical (unpaired) electrons. The van der Waals surface area contributed by atoms with Crippen molar-refractivity contribution < 1.29 is 9.21 Å². The van der Waals surface area contributed by atoms with Gasteiger partial charge in [-0.2, -0.15) is 0 Å². The lowest BCUT2D eigenvalue weighted by atomic mass is 10.1. The van der Waals surface area contributed by atoms with E-state index >= 15 is 0 Å². The Morgan fingerprint density at radius 3 is 2.63 bits per heavy atom. The summed E-state index contributed by atoms with van der Waals surface area (Å²) in [5.41, 5.74) is 3.42. The number of nitrogens with zero attached hydrogens (tertiary/aromatic N) is 1. The average Bonchev–Trinajstić information content (AvgIpc) is 3.07. The van der Waals surface area contributed by atoms with Crippen LogP contribution in [0.5, 0.6) is 0 Å². The molecule has 6 heteroatoms. The Labute approximate surface area is 165 Å². The fraction of sp³-hybridized carbons (Fsp3) is 0.0476. The summed E-state index contributed by atoms with van der Waals surface area (Å²) in [5.74, 6) is 0.259. The molecule has 3 aromatic carbocycles. The summed E-state index contributed by atoms with van der Waals surface area (Å²) < 4.78 is 5.78. The molecule has 1 N–H and O–H groups in total. The monoisotopic (exact) mass is 396 g/mol. The van der Waals surface area contributed by atoms with Crippen molar-refractivity contribution in [2.24, 2.45) is 0 Å². The van der Waals surface area contributed by atoms with Gasteiger partial charge in [0.1, 0.15) is 5.52 Å². The van der Waals surface area contributed by atoms with E-state index in [2.05, 4.69) is 10.3 Å². The minimum atomic E-state index is -0.112. The highest BCUT2D eigenvalue weighted by Gasteiger charge is 2.14. The highest BCUT2D eigenvalue weighted by atomic mass is 35.5. The van der Waals surface area contributed by atoms with Crippen LogP contribution in [-0.4, -0.2) is 10.9 Å². The lowest BCUT2D eigenvalue weighted by Crippen LogP contribution is -2.14. The third-order valence-corrected chi connectivity index (χ3v) is 4.60. The van der Waals surface area contributed by atoms with Crippen LogP contribution in [0.2, 0.25) is 10.0 Å². The van der Waals surface area contributed by atoms with Crippen LogP contribution < -0.4 is 5.32 Å². The minimum Gasteiger partial charge on any atom is -0.436 e. The Morgan fingerprint density at radius 1 is 1.00 bits per heavy atom. The number of anilines is 1. The predicted octanol–water partition coefficient (Wildman–Crippen LogP) is 5.98. The zero-order valence-corrected chi connectivity index (χ0v) is 15.6. The van der Waals surface area contributed by atoms with Gasteiger partial charge in [-0.05, 0) is 42.0 Å². The average molecular weight is 397 g/mol. The fourth-order valence-corrected chi connectivity index (χ4v) is 3.13. The van der Waals surface area contributed by atoms with E-state index in [0.29, 0.717) is 44.7 Å². The normalized spacial score (nSPS) is 10.9. The standard InChI is InChI=1S/C21H14Cl2N2O2/c22-14-6-9-19-18(11-14)25-21(27-19)16-12-15(7-8-17(16)23)24-20(26)10-13-4-2-1-3-5-13/h1-9,11-12H,10H2,(H,24,26). The lowest BCUT2D eigenvalue weighted by Gasteiger charge is -2.08. The van der Waals surface area contributed by atoms with E-state index in [1.54, 1.807) is 36.4 Å². The summed E-state index contributed by atoms with van der Waals surface area (Å²) in [6, 6.07) is 20.0. The summed E-state index contributed by atoms with van der Waals surface area (Å²) in [7, 11) is 0. The third kappa shape index (κ3) is 3.97. The molecule has 0 aliphatic heterocycles. The molecule has 4 rings (SSSR count). The molecule has 4 nitrogen and oxygen atoms in total. The van der Waals surface area contributed by atoms with E-state index < -0.39 is 0 Å². The molecule has 0 aliphatic rings. The summed E-state index contributed by atoms with van der Waals surface area (Å²) in [6.45, 7) is 0. The number of rotatable bonds is 4. The number of hydrogen-bond donors (Lipinski definition) is 1. The van der Waals surface area contributed by atoms with Crippen LogP contribution in [0.3, 0.4) is 0 Å². The van der Waals surface area contributed by atoms with E-state index in [1.165, 1.54) is 0 Å². The second-order valence-corrected chi connectivity index (χ2v) is 6.88. The van der Waals surface area contributed by atoms with Crippen molar-refractivity contribution in [1.82, 2.24) is 4.98 Å². The van der Waals surface area contributed by atoms with Crippen molar-refractivity contribution in [2.45, 2.75) is 6.42 Å².